The Balaban J connectivity index is 2.29. The van der Waals surface area contributed by atoms with E-state index in [1.165, 1.54) is 0 Å². The summed E-state index contributed by atoms with van der Waals surface area (Å²) in [5.74, 6) is 1.24. The number of ether oxygens (including phenoxy) is 2. The number of nitrogens with one attached hydrogen (secondary N) is 1. The number of carbonyl (C=O) groups excluding carboxylic acids is 2. The summed E-state index contributed by atoms with van der Waals surface area (Å²) >= 11 is 0. The first-order chi connectivity index (χ1) is 11.8. The number of benzene rings is 1. The van der Waals surface area contributed by atoms with Crippen LogP contribution in [0.25, 0.3) is 0 Å². The van der Waals surface area contributed by atoms with E-state index in [2.05, 4.69) is 5.32 Å². The summed E-state index contributed by atoms with van der Waals surface area (Å²) in [5, 5.41) is 3.01. The molecule has 1 aliphatic heterocycles. The van der Waals surface area contributed by atoms with E-state index in [-0.39, 0.29) is 17.9 Å². The predicted molar refractivity (Wildman–Crippen MR) is 95.6 cm³/mol. The Hall–Kier alpha value is -2.24. The molecule has 1 heterocycles. The van der Waals surface area contributed by atoms with Crippen molar-refractivity contribution in [1.29, 1.82) is 0 Å². The molecule has 1 fully saturated rings. The smallest absolute Gasteiger partial charge is 0.245 e. The maximum absolute atomic E-state index is 12.8. The quantitative estimate of drug-likeness (QED) is 0.822. The van der Waals surface area contributed by atoms with Crippen LogP contribution < -0.4 is 14.8 Å². The third-order valence-corrected chi connectivity index (χ3v) is 5.02. The van der Waals surface area contributed by atoms with E-state index in [1.807, 2.05) is 39.0 Å². The number of carbonyl (C=O) groups is 2. The molecule has 0 spiro atoms. The second-order valence-electron chi connectivity index (χ2n) is 6.71. The standard InChI is InChI=1S/C19H28N2O4/c1-6-13(2)20-18(23)19(3)10-9-17(22)21(19)12-14-11-15(24-4)7-8-16(14)25-5/h7-8,11,13H,6,9-10,12H2,1-5H3,(H,20,23)/t13-,19+/m1/s1. The highest BCUT2D eigenvalue weighted by molar-refractivity contribution is 5.94. The third kappa shape index (κ3) is 3.89. The molecular formula is C19H28N2O4. The minimum absolute atomic E-state index is 0.0216. The van der Waals surface area contributed by atoms with Crippen molar-refractivity contribution in [2.45, 2.75) is 58.2 Å². The molecule has 1 aliphatic rings. The Kier molecular flexibility index (Phi) is 5.93. The number of hydrogen-bond acceptors (Lipinski definition) is 4. The van der Waals surface area contributed by atoms with Crippen LogP contribution in [0.4, 0.5) is 0 Å². The van der Waals surface area contributed by atoms with Gasteiger partial charge in [-0.05, 0) is 44.9 Å². The average Bonchev–Trinajstić information content (AvgIpc) is 2.91. The van der Waals surface area contributed by atoms with Crippen LogP contribution in [0.2, 0.25) is 0 Å². The molecule has 0 bridgehead atoms. The van der Waals surface area contributed by atoms with Gasteiger partial charge in [-0.1, -0.05) is 6.92 Å². The predicted octanol–water partition coefficient (Wildman–Crippen LogP) is 2.50. The zero-order chi connectivity index (χ0) is 18.6. The van der Waals surface area contributed by atoms with E-state index >= 15 is 0 Å². The van der Waals surface area contributed by atoms with Crippen molar-refractivity contribution in [3.8, 4) is 11.5 Å². The number of amides is 2. The molecule has 1 N–H and O–H groups in total. The molecule has 25 heavy (non-hydrogen) atoms. The lowest BCUT2D eigenvalue weighted by Gasteiger charge is -2.35. The number of methoxy groups -OCH3 is 2. The molecule has 1 saturated heterocycles. The van der Waals surface area contributed by atoms with Gasteiger partial charge in [-0.2, -0.15) is 0 Å². The van der Waals surface area contributed by atoms with Crippen LogP contribution in [0.3, 0.4) is 0 Å². The van der Waals surface area contributed by atoms with Gasteiger partial charge in [0.2, 0.25) is 11.8 Å². The summed E-state index contributed by atoms with van der Waals surface area (Å²) in [6.07, 6.45) is 1.73. The minimum Gasteiger partial charge on any atom is -0.497 e. The summed E-state index contributed by atoms with van der Waals surface area (Å²) in [4.78, 5) is 26.9. The van der Waals surface area contributed by atoms with Gasteiger partial charge in [0.05, 0.1) is 20.8 Å². The fraction of sp³-hybridized carbons (Fsp3) is 0.579. The summed E-state index contributed by atoms with van der Waals surface area (Å²) in [5.41, 5.74) is -0.0334. The molecule has 1 aromatic carbocycles. The monoisotopic (exact) mass is 348 g/mol. The van der Waals surface area contributed by atoms with Gasteiger partial charge in [-0.3, -0.25) is 9.59 Å². The van der Waals surface area contributed by atoms with Crippen molar-refractivity contribution in [2.24, 2.45) is 0 Å². The zero-order valence-electron chi connectivity index (χ0n) is 15.7. The lowest BCUT2D eigenvalue weighted by atomic mass is 9.96. The van der Waals surface area contributed by atoms with Crippen LogP contribution in [0.5, 0.6) is 11.5 Å². The largest absolute Gasteiger partial charge is 0.497 e. The van der Waals surface area contributed by atoms with Crippen molar-refractivity contribution in [3.05, 3.63) is 23.8 Å². The van der Waals surface area contributed by atoms with E-state index in [4.69, 9.17) is 9.47 Å². The van der Waals surface area contributed by atoms with E-state index in [9.17, 15) is 9.59 Å². The van der Waals surface area contributed by atoms with Gasteiger partial charge < -0.3 is 19.7 Å². The van der Waals surface area contributed by atoms with Crippen molar-refractivity contribution in [1.82, 2.24) is 10.2 Å². The van der Waals surface area contributed by atoms with E-state index in [0.717, 1.165) is 12.0 Å². The number of hydrogen-bond donors (Lipinski definition) is 1. The Labute approximate surface area is 149 Å². The van der Waals surface area contributed by atoms with Crippen LogP contribution in [-0.2, 0) is 16.1 Å². The van der Waals surface area contributed by atoms with Gasteiger partial charge in [0.25, 0.3) is 0 Å². The average molecular weight is 348 g/mol. The maximum atomic E-state index is 12.8. The fourth-order valence-corrected chi connectivity index (χ4v) is 3.05. The highest BCUT2D eigenvalue weighted by Crippen LogP contribution is 2.34. The fourth-order valence-electron chi connectivity index (χ4n) is 3.05. The normalized spacial score (nSPS) is 21.2. The molecule has 6 nitrogen and oxygen atoms in total. The molecule has 2 amide bonds. The minimum atomic E-state index is -0.853. The van der Waals surface area contributed by atoms with Crippen molar-refractivity contribution in [3.63, 3.8) is 0 Å². The summed E-state index contributed by atoms with van der Waals surface area (Å²) in [7, 11) is 3.18. The first-order valence-corrected chi connectivity index (χ1v) is 8.68. The molecule has 0 aromatic heterocycles. The SMILES string of the molecule is CC[C@@H](C)NC(=O)[C@]1(C)CCC(=O)N1Cc1cc(OC)ccc1OC. The summed E-state index contributed by atoms with van der Waals surface area (Å²) < 4.78 is 10.7. The molecule has 1 aromatic rings. The molecule has 0 radical (unpaired) electrons. The topological polar surface area (TPSA) is 67.9 Å². The summed E-state index contributed by atoms with van der Waals surface area (Å²) in [6, 6.07) is 5.54. The van der Waals surface area contributed by atoms with E-state index in [0.29, 0.717) is 30.9 Å². The Morgan fingerprint density at radius 1 is 1.36 bits per heavy atom. The number of likely N-dealkylation sites (tertiary alicyclic amines) is 1. The zero-order valence-corrected chi connectivity index (χ0v) is 15.7. The Morgan fingerprint density at radius 2 is 2.08 bits per heavy atom. The second kappa shape index (κ2) is 7.76. The van der Waals surface area contributed by atoms with Crippen molar-refractivity contribution >= 4 is 11.8 Å². The lowest BCUT2D eigenvalue weighted by molar-refractivity contribution is -0.141. The number of rotatable bonds is 7. The van der Waals surface area contributed by atoms with E-state index < -0.39 is 5.54 Å². The maximum Gasteiger partial charge on any atom is 0.245 e. The van der Waals surface area contributed by atoms with Crippen LogP contribution in [0.1, 0.15) is 45.6 Å². The first-order valence-electron chi connectivity index (χ1n) is 8.68. The van der Waals surface area contributed by atoms with Crippen LogP contribution >= 0.6 is 0 Å². The molecular weight excluding hydrogens is 320 g/mol. The molecule has 0 unspecified atom stereocenters. The van der Waals surface area contributed by atoms with Gasteiger partial charge in [-0.25, -0.2) is 0 Å². The third-order valence-electron chi connectivity index (χ3n) is 5.02. The number of nitrogens with zero attached hydrogens (tertiary/aromatic N) is 1. The van der Waals surface area contributed by atoms with Crippen molar-refractivity contribution < 1.29 is 19.1 Å². The van der Waals surface area contributed by atoms with Crippen LogP contribution in [0.15, 0.2) is 18.2 Å². The lowest BCUT2D eigenvalue weighted by Crippen LogP contribution is -2.55. The van der Waals surface area contributed by atoms with Gasteiger partial charge in [0.1, 0.15) is 17.0 Å². The Morgan fingerprint density at radius 3 is 2.68 bits per heavy atom. The molecule has 2 rings (SSSR count). The molecule has 138 valence electrons. The highest BCUT2D eigenvalue weighted by Gasteiger charge is 2.47. The second-order valence-corrected chi connectivity index (χ2v) is 6.71. The van der Waals surface area contributed by atoms with Gasteiger partial charge >= 0.3 is 0 Å². The molecule has 0 aliphatic carbocycles. The first kappa shape index (κ1) is 19.1. The molecule has 6 heteroatoms. The Bertz CT molecular complexity index is 646. The highest BCUT2D eigenvalue weighted by atomic mass is 16.5. The van der Waals surface area contributed by atoms with E-state index in [1.54, 1.807) is 19.1 Å². The molecule has 0 saturated carbocycles. The van der Waals surface area contributed by atoms with Gasteiger partial charge in [0.15, 0.2) is 0 Å². The van der Waals surface area contributed by atoms with Crippen molar-refractivity contribution in [2.75, 3.05) is 14.2 Å². The van der Waals surface area contributed by atoms with Crippen LogP contribution in [-0.4, -0.2) is 42.5 Å². The molecule has 2 atom stereocenters. The van der Waals surface area contributed by atoms with Gasteiger partial charge in [0, 0.05) is 18.0 Å². The summed E-state index contributed by atoms with van der Waals surface area (Å²) in [6.45, 7) is 6.13. The van der Waals surface area contributed by atoms with Gasteiger partial charge in [-0.15, -0.1) is 0 Å². The van der Waals surface area contributed by atoms with Crippen LogP contribution in [0, 0.1) is 0 Å².